The topological polar surface area (TPSA) is 43.1 Å². The second kappa shape index (κ2) is 3.38. The normalized spacial score (nSPS) is 9.92. The number of nitrogens with two attached hydrogens (primary N) is 1. The van der Waals surface area contributed by atoms with Crippen LogP contribution in [0, 0.1) is 9.39 Å². The van der Waals surface area contributed by atoms with E-state index in [0.717, 1.165) is 0 Å². The Hall–Kier alpha value is -0.650. The van der Waals surface area contributed by atoms with Gasteiger partial charge in [-0.15, -0.1) is 0 Å². The first-order valence-corrected chi connectivity index (χ1v) is 4.35. The van der Waals surface area contributed by atoms with Gasteiger partial charge in [0.2, 0.25) is 0 Å². The molecule has 1 rings (SSSR count). The summed E-state index contributed by atoms with van der Waals surface area (Å²) in [6.45, 7) is 1.39. The maximum atomic E-state index is 12.7. The van der Waals surface area contributed by atoms with Crippen LogP contribution in [0.25, 0.3) is 0 Å². The molecule has 0 atom stereocenters. The maximum Gasteiger partial charge on any atom is 0.161 e. The molecule has 0 spiro atoms. The predicted molar refractivity (Wildman–Crippen MR) is 53.5 cm³/mol. The van der Waals surface area contributed by atoms with Gasteiger partial charge in [-0.05, 0) is 41.6 Å². The first kappa shape index (κ1) is 9.44. The number of hydrogen-bond acceptors (Lipinski definition) is 2. The molecule has 12 heavy (non-hydrogen) atoms. The van der Waals surface area contributed by atoms with Gasteiger partial charge in [-0.25, -0.2) is 4.39 Å². The minimum absolute atomic E-state index is 0.175. The highest BCUT2D eigenvalue weighted by Crippen LogP contribution is 2.21. The van der Waals surface area contributed by atoms with Gasteiger partial charge in [0, 0.05) is 14.8 Å². The lowest BCUT2D eigenvalue weighted by Gasteiger charge is -2.03. The number of nitrogen functional groups attached to an aromatic ring is 1. The number of benzene rings is 1. The number of carbonyl (C=O) groups is 1. The molecule has 0 saturated carbocycles. The van der Waals surface area contributed by atoms with Crippen molar-refractivity contribution >= 4 is 34.1 Å². The average Bonchev–Trinajstić information content (AvgIpc) is 1.96. The third-order valence-corrected chi connectivity index (χ3v) is 2.65. The Kier molecular flexibility index (Phi) is 2.66. The van der Waals surface area contributed by atoms with E-state index in [1.54, 1.807) is 0 Å². The van der Waals surface area contributed by atoms with Crippen molar-refractivity contribution < 1.29 is 9.18 Å². The zero-order chi connectivity index (χ0) is 9.30. The summed E-state index contributed by atoms with van der Waals surface area (Å²) in [4.78, 5) is 10.9. The zero-order valence-electron chi connectivity index (χ0n) is 6.40. The maximum absolute atomic E-state index is 12.7. The van der Waals surface area contributed by atoms with E-state index in [1.807, 2.05) is 22.6 Å². The molecule has 0 amide bonds. The summed E-state index contributed by atoms with van der Waals surface area (Å²) in [5, 5.41) is 0. The van der Waals surface area contributed by atoms with Gasteiger partial charge in [0.1, 0.15) is 5.82 Å². The quantitative estimate of drug-likeness (QED) is 0.486. The number of rotatable bonds is 1. The van der Waals surface area contributed by atoms with Crippen LogP contribution in [0.2, 0.25) is 0 Å². The van der Waals surface area contributed by atoms with Crippen LogP contribution in [0.3, 0.4) is 0 Å². The lowest BCUT2D eigenvalue weighted by molar-refractivity contribution is 0.101. The first-order chi connectivity index (χ1) is 5.52. The van der Waals surface area contributed by atoms with E-state index in [1.165, 1.54) is 19.1 Å². The van der Waals surface area contributed by atoms with E-state index in [9.17, 15) is 9.18 Å². The van der Waals surface area contributed by atoms with Gasteiger partial charge in [-0.3, -0.25) is 4.79 Å². The van der Waals surface area contributed by atoms with Crippen molar-refractivity contribution in [3.63, 3.8) is 0 Å². The summed E-state index contributed by atoms with van der Waals surface area (Å²) in [5.41, 5.74) is 6.11. The van der Waals surface area contributed by atoms with Crippen molar-refractivity contribution in [3.8, 4) is 0 Å². The van der Waals surface area contributed by atoms with E-state index in [0.29, 0.717) is 14.8 Å². The molecular formula is C8H7FINO. The Labute approximate surface area is 83.1 Å². The lowest BCUT2D eigenvalue weighted by atomic mass is 10.1. The van der Waals surface area contributed by atoms with E-state index in [2.05, 4.69) is 0 Å². The van der Waals surface area contributed by atoms with Crippen LogP contribution in [0.1, 0.15) is 17.3 Å². The molecule has 0 bridgehead atoms. The van der Waals surface area contributed by atoms with Gasteiger partial charge in [0.05, 0.1) is 0 Å². The van der Waals surface area contributed by atoms with Crippen LogP contribution in [-0.4, -0.2) is 5.78 Å². The highest BCUT2D eigenvalue weighted by atomic mass is 127. The largest absolute Gasteiger partial charge is 0.398 e. The standard InChI is InChI=1S/C8H7FINO/c1-4(12)6-2-5(9)3-7(11)8(6)10/h2-3H,11H2,1H3. The van der Waals surface area contributed by atoms with Gasteiger partial charge in [0.25, 0.3) is 0 Å². The number of halogens is 2. The van der Waals surface area contributed by atoms with Crippen molar-refractivity contribution in [2.24, 2.45) is 0 Å². The lowest BCUT2D eigenvalue weighted by Crippen LogP contribution is -2.01. The highest BCUT2D eigenvalue weighted by molar-refractivity contribution is 14.1. The molecule has 0 aliphatic rings. The van der Waals surface area contributed by atoms with Gasteiger partial charge < -0.3 is 5.73 Å². The van der Waals surface area contributed by atoms with Crippen LogP contribution in [0.5, 0.6) is 0 Å². The SMILES string of the molecule is CC(=O)c1cc(F)cc(N)c1I. The van der Waals surface area contributed by atoms with Gasteiger partial charge in [-0.2, -0.15) is 0 Å². The second-order valence-electron chi connectivity index (χ2n) is 2.41. The predicted octanol–water partition coefficient (Wildman–Crippen LogP) is 2.22. The molecule has 0 heterocycles. The van der Waals surface area contributed by atoms with Crippen molar-refractivity contribution in [3.05, 3.63) is 27.1 Å². The molecule has 0 aromatic heterocycles. The minimum Gasteiger partial charge on any atom is -0.398 e. The fourth-order valence-corrected chi connectivity index (χ4v) is 1.56. The number of hydrogen-bond donors (Lipinski definition) is 1. The van der Waals surface area contributed by atoms with Gasteiger partial charge >= 0.3 is 0 Å². The van der Waals surface area contributed by atoms with Crippen LogP contribution >= 0.6 is 22.6 Å². The molecule has 2 nitrogen and oxygen atoms in total. The molecule has 2 N–H and O–H groups in total. The third-order valence-electron chi connectivity index (χ3n) is 1.44. The summed E-state index contributed by atoms with van der Waals surface area (Å²) in [6.07, 6.45) is 0. The van der Waals surface area contributed by atoms with Crippen molar-refractivity contribution in [2.75, 3.05) is 5.73 Å². The molecule has 1 aromatic rings. The zero-order valence-corrected chi connectivity index (χ0v) is 8.55. The Morgan fingerprint density at radius 1 is 1.58 bits per heavy atom. The molecule has 0 fully saturated rings. The summed E-state index contributed by atoms with van der Waals surface area (Å²) in [7, 11) is 0. The minimum atomic E-state index is -0.474. The fraction of sp³-hybridized carbons (Fsp3) is 0.125. The Morgan fingerprint density at radius 3 is 2.67 bits per heavy atom. The van der Waals surface area contributed by atoms with Crippen molar-refractivity contribution in [2.45, 2.75) is 6.92 Å². The van der Waals surface area contributed by atoms with Gasteiger partial charge in [0.15, 0.2) is 5.78 Å². The first-order valence-electron chi connectivity index (χ1n) is 3.28. The van der Waals surface area contributed by atoms with Crippen LogP contribution in [0.4, 0.5) is 10.1 Å². The monoisotopic (exact) mass is 279 g/mol. The molecule has 1 aromatic carbocycles. The fourth-order valence-electron chi connectivity index (χ4n) is 0.867. The van der Waals surface area contributed by atoms with E-state index >= 15 is 0 Å². The highest BCUT2D eigenvalue weighted by Gasteiger charge is 2.09. The Bertz CT molecular complexity index is 338. The third kappa shape index (κ3) is 1.74. The summed E-state index contributed by atoms with van der Waals surface area (Å²) >= 11 is 1.92. The number of anilines is 1. The average molecular weight is 279 g/mol. The molecular weight excluding hydrogens is 272 g/mol. The molecule has 0 saturated heterocycles. The molecule has 64 valence electrons. The molecule has 0 radical (unpaired) electrons. The van der Waals surface area contributed by atoms with Crippen LogP contribution in [-0.2, 0) is 0 Å². The summed E-state index contributed by atoms with van der Waals surface area (Å²) in [5.74, 6) is -0.649. The van der Waals surface area contributed by atoms with Crippen LogP contribution < -0.4 is 5.73 Å². The van der Waals surface area contributed by atoms with E-state index in [4.69, 9.17) is 5.73 Å². The van der Waals surface area contributed by atoms with Crippen molar-refractivity contribution in [1.82, 2.24) is 0 Å². The Balaban J connectivity index is 3.37. The van der Waals surface area contributed by atoms with Crippen molar-refractivity contribution in [1.29, 1.82) is 0 Å². The van der Waals surface area contributed by atoms with E-state index < -0.39 is 5.82 Å². The number of carbonyl (C=O) groups excluding carboxylic acids is 1. The number of ketones is 1. The Morgan fingerprint density at radius 2 is 2.17 bits per heavy atom. The molecule has 0 unspecified atom stereocenters. The van der Waals surface area contributed by atoms with Crippen LogP contribution in [0.15, 0.2) is 12.1 Å². The van der Waals surface area contributed by atoms with Gasteiger partial charge in [-0.1, -0.05) is 0 Å². The smallest absolute Gasteiger partial charge is 0.161 e. The summed E-state index contributed by atoms with van der Waals surface area (Å²) < 4.78 is 13.3. The second-order valence-corrected chi connectivity index (χ2v) is 3.49. The molecule has 0 aliphatic carbocycles. The molecule has 0 aliphatic heterocycles. The summed E-state index contributed by atoms with van der Waals surface area (Å²) in [6, 6.07) is 2.40. The molecule has 4 heteroatoms. The van der Waals surface area contributed by atoms with E-state index in [-0.39, 0.29) is 5.78 Å². The number of Topliss-reactive ketones (excluding diaryl/α,β-unsaturated/α-hetero) is 1.